The molecular formula is C23H22N2O2. The number of hydrogen-bond acceptors (Lipinski definition) is 3. The fourth-order valence-electron chi connectivity index (χ4n) is 3.27. The molecule has 3 aromatic carbocycles. The van der Waals surface area contributed by atoms with Gasteiger partial charge in [0.2, 0.25) is 0 Å². The number of nitrogens with one attached hydrogen (secondary N) is 2. The Morgan fingerprint density at radius 2 is 1.67 bits per heavy atom. The Morgan fingerprint density at radius 3 is 2.56 bits per heavy atom. The van der Waals surface area contributed by atoms with Crippen LogP contribution in [-0.2, 0) is 6.42 Å². The van der Waals surface area contributed by atoms with Crippen LogP contribution >= 0.6 is 0 Å². The van der Waals surface area contributed by atoms with Crippen LogP contribution in [0.3, 0.4) is 0 Å². The molecule has 4 heteroatoms. The summed E-state index contributed by atoms with van der Waals surface area (Å²) in [7, 11) is 0. The lowest BCUT2D eigenvalue weighted by Gasteiger charge is -2.28. The molecule has 0 saturated carbocycles. The number of amides is 1. The molecule has 3 aromatic rings. The van der Waals surface area contributed by atoms with E-state index in [-0.39, 0.29) is 12.1 Å². The third kappa shape index (κ3) is 4.11. The van der Waals surface area contributed by atoms with Crippen molar-refractivity contribution in [2.45, 2.75) is 19.0 Å². The average molecular weight is 358 g/mol. The summed E-state index contributed by atoms with van der Waals surface area (Å²) in [5.74, 6) is 0.749. The first-order valence-corrected chi connectivity index (χ1v) is 9.23. The van der Waals surface area contributed by atoms with Crippen molar-refractivity contribution in [3.8, 4) is 5.75 Å². The number of anilines is 1. The highest BCUT2D eigenvalue weighted by molar-refractivity contribution is 6.01. The highest BCUT2D eigenvalue weighted by Gasteiger charge is 2.24. The molecule has 136 valence electrons. The van der Waals surface area contributed by atoms with E-state index in [0.29, 0.717) is 12.2 Å². The lowest BCUT2D eigenvalue weighted by atomic mass is 10.1. The van der Waals surface area contributed by atoms with Gasteiger partial charge in [0.25, 0.3) is 5.91 Å². The van der Waals surface area contributed by atoms with Gasteiger partial charge in [-0.05, 0) is 48.2 Å². The first-order valence-electron chi connectivity index (χ1n) is 9.23. The quantitative estimate of drug-likeness (QED) is 0.636. The van der Waals surface area contributed by atoms with Gasteiger partial charge in [0.1, 0.15) is 11.9 Å². The van der Waals surface area contributed by atoms with Crippen molar-refractivity contribution in [1.82, 2.24) is 5.32 Å². The molecule has 0 radical (unpaired) electrons. The van der Waals surface area contributed by atoms with Crippen molar-refractivity contribution < 1.29 is 9.53 Å². The number of fused-ring (bicyclic) bond motifs is 1. The number of rotatable bonds is 6. The molecule has 27 heavy (non-hydrogen) atoms. The number of benzene rings is 3. The first-order chi connectivity index (χ1) is 13.3. The first kappa shape index (κ1) is 17.2. The Hall–Kier alpha value is -3.27. The van der Waals surface area contributed by atoms with E-state index in [2.05, 4.69) is 34.9 Å². The standard InChI is InChI=1S/C23H22N2O2/c26-23-20-13-4-5-14-21(20)24-22(25-23)18-11-6-12-19(16-18)27-15-7-10-17-8-2-1-3-9-17/h1-6,8-9,11-14,16,22,24H,7,10,15H2,(H,25,26). The molecule has 1 amide bonds. The van der Waals surface area contributed by atoms with E-state index in [1.54, 1.807) is 0 Å². The Kier molecular flexibility index (Phi) is 5.06. The van der Waals surface area contributed by atoms with Crippen LogP contribution in [-0.4, -0.2) is 12.5 Å². The van der Waals surface area contributed by atoms with Crippen LogP contribution in [0.4, 0.5) is 5.69 Å². The second kappa shape index (κ2) is 7.96. The number of carbonyl (C=O) groups is 1. The maximum Gasteiger partial charge on any atom is 0.255 e. The summed E-state index contributed by atoms with van der Waals surface area (Å²) < 4.78 is 5.92. The van der Waals surface area contributed by atoms with E-state index >= 15 is 0 Å². The lowest BCUT2D eigenvalue weighted by Crippen LogP contribution is -2.38. The van der Waals surface area contributed by atoms with Crippen molar-refractivity contribution in [3.63, 3.8) is 0 Å². The van der Waals surface area contributed by atoms with Gasteiger partial charge in [0, 0.05) is 5.69 Å². The minimum Gasteiger partial charge on any atom is -0.494 e. The maximum absolute atomic E-state index is 12.3. The molecule has 1 heterocycles. The third-order valence-corrected chi connectivity index (χ3v) is 4.66. The highest BCUT2D eigenvalue weighted by atomic mass is 16.5. The molecule has 4 rings (SSSR count). The molecule has 1 atom stereocenters. The smallest absolute Gasteiger partial charge is 0.255 e. The van der Waals surface area contributed by atoms with Gasteiger partial charge in [-0.15, -0.1) is 0 Å². The molecular weight excluding hydrogens is 336 g/mol. The Balaban J connectivity index is 1.37. The van der Waals surface area contributed by atoms with Gasteiger partial charge in [-0.1, -0.05) is 54.6 Å². The molecule has 1 aliphatic heterocycles. The van der Waals surface area contributed by atoms with Crippen LogP contribution in [0.5, 0.6) is 5.75 Å². The molecule has 1 aliphatic rings. The van der Waals surface area contributed by atoms with E-state index in [9.17, 15) is 4.79 Å². The molecule has 0 aliphatic carbocycles. The van der Waals surface area contributed by atoms with Crippen molar-refractivity contribution >= 4 is 11.6 Å². The minimum absolute atomic E-state index is 0.0662. The second-order valence-corrected chi connectivity index (χ2v) is 6.61. The SMILES string of the molecule is O=C1NC(c2cccc(OCCCc3ccccc3)c2)Nc2ccccc21. The number of para-hydroxylation sites is 1. The zero-order valence-electron chi connectivity index (χ0n) is 15.0. The van der Waals surface area contributed by atoms with E-state index in [0.717, 1.165) is 29.8 Å². The van der Waals surface area contributed by atoms with Crippen LogP contribution in [0, 0.1) is 0 Å². The predicted molar refractivity (Wildman–Crippen MR) is 107 cm³/mol. The molecule has 0 fully saturated rings. The van der Waals surface area contributed by atoms with Gasteiger partial charge in [-0.2, -0.15) is 0 Å². The second-order valence-electron chi connectivity index (χ2n) is 6.61. The molecule has 2 N–H and O–H groups in total. The monoisotopic (exact) mass is 358 g/mol. The fraction of sp³-hybridized carbons (Fsp3) is 0.174. The summed E-state index contributed by atoms with van der Waals surface area (Å²) >= 11 is 0. The normalized spacial score (nSPS) is 15.4. The van der Waals surface area contributed by atoms with Crippen molar-refractivity contribution in [1.29, 1.82) is 0 Å². The predicted octanol–water partition coefficient (Wildman–Crippen LogP) is 4.55. The summed E-state index contributed by atoms with van der Waals surface area (Å²) in [4.78, 5) is 12.3. The maximum atomic E-state index is 12.3. The third-order valence-electron chi connectivity index (χ3n) is 4.66. The van der Waals surface area contributed by atoms with Crippen molar-refractivity contribution in [3.05, 3.63) is 95.6 Å². The van der Waals surface area contributed by atoms with Crippen LogP contribution in [0.1, 0.15) is 34.1 Å². The van der Waals surface area contributed by atoms with Crippen molar-refractivity contribution in [2.24, 2.45) is 0 Å². The van der Waals surface area contributed by atoms with Gasteiger partial charge in [-0.25, -0.2) is 0 Å². The summed E-state index contributed by atoms with van der Waals surface area (Å²) in [5, 5.41) is 6.37. The Bertz CT molecular complexity index is 924. The topological polar surface area (TPSA) is 50.4 Å². The van der Waals surface area contributed by atoms with E-state index in [1.165, 1.54) is 5.56 Å². The Morgan fingerprint density at radius 1 is 0.852 bits per heavy atom. The van der Waals surface area contributed by atoms with Gasteiger partial charge in [-0.3, -0.25) is 4.79 Å². The largest absolute Gasteiger partial charge is 0.494 e. The van der Waals surface area contributed by atoms with Gasteiger partial charge in [0.15, 0.2) is 0 Å². The summed E-state index contributed by atoms with van der Waals surface area (Å²) in [6, 6.07) is 25.8. The summed E-state index contributed by atoms with van der Waals surface area (Å²) in [6.07, 6.45) is 1.69. The number of aryl methyl sites for hydroxylation is 1. The van der Waals surface area contributed by atoms with Crippen LogP contribution < -0.4 is 15.4 Å². The minimum atomic E-state index is -0.264. The number of ether oxygens (including phenoxy) is 1. The van der Waals surface area contributed by atoms with Crippen LogP contribution in [0.2, 0.25) is 0 Å². The lowest BCUT2D eigenvalue weighted by molar-refractivity contribution is 0.0935. The fourth-order valence-corrected chi connectivity index (χ4v) is 3.27. The molecule has 0 bridgehead atoms. The average Bonchev–Trinajstić information content (AvgIpc) is 2.72. The summed E-state index contributed by atoms with van der Waals surface area (Å²) in [6.45, 7) is 0.658. The van der Waals surface area contributed by atoms with Gasteiger partial charge >= 0.3 is 0 Å². The zero-order chi connectivity index (χ0) is 18.5. The van der Waals surface area contributed by atoms with Crippen LogP contribution in [0.15, 0.2) is 78.9 Å². The highest BCUT2D eigenvalue weighted by Crippen LogP contribution is 2.27. The van der Waals surface area contributed by atoms with Crippen molar-refractivity contribution in [2.75, 3.05) is 11.9 Å². The zero-order valence-corrected chi connectivity index (χ0v) is 15.0. The molecule has 0 spiro atoms. The van der Waals surface area contributed by atoms with E-state index < -0.39 is 0 Å². The van der Waals surface area contributed by atoms with E-state index in [1.807, 2.05) is 54.6 Å². The molecule has 1 unspecified atom stereocenters. The Labute approximate surface area is 159 Å². The number of carbonyl (C=O) groups excluding carboxylic acids is 1. The van der Waals surface area contributed by atoms with E-state index in [4.69, 9.17) is 4.74 Å². The summed E-state index contributed by atoms with van der Waals surface area (Å²) in [5.41, 5.74) is 3.81. The van der Waals surface area contributed by atoms with Crippen LogP contribution in [0.25, 0.3) is 0 Å². The molecule has 0 aromatic heterocycles. The van der Waals surface area contributed by atoms with Gasteiger partial charge in [0.05, 0.1) is 12.2 Å². The van der Waals surface area contributed by atoms with Gasteiger partial charge < -0.3 is 15.4 Å². The molecule has 0 saturated heterocycles. The molecule has 4 nitrogen and oxygen atoms in total. The number of hydrogen-bond donors (Lipinski definition) is 2.